The summed E-state index contributed by atoms with van der Waals surface area (Å²) < 4.78 is 6.12. The van der Waals surface area contributed by atoms with Crippen LogP contribution in [0.25, 0.3) is 0 Å². The number of ether oxygens (including phenoxy) is 1. The van der Waals surface area contributed by atoms with Crippen LogP contribution in [0.4, 0.5) is 0 Å². The molecule has 0 aliphatic rings. The second kappa shape index (κ2) is 8.33. The van der Waals surface area contributed by atoms with Gasteiger partial charge in [0.1, 0.15) is 0 Å². The molecule has 25 heavy (non-hydrogen) atoms. The summed E-state index contributed by atoms with van der Waals surface area (Å²) in [5, 5.41) is 12.9. The second-order valence-corrected chi connectivity index (χ2v) is 9.12. The highest BCUT2D eigenvalue weighted by molar-refractivity contribution is 5.66. The number of hydrogen-bond acceptors (Lipinski definition) is 3. The summed E-state index contributed by atoms with van der Waals surface area (Å²) in [6.07, 6.45) is 1.36. The van der Waals surface area contributed by atoms with E-state index in [0.29, 0.717) is 13.0 Å². The third-order valence-corrected chi connectivity index (χ3v) is 3.86. The first-order valence-corrected chi connectivity index (χ1v) is 9.01. The summed E-state index contributed by atoms with van der Waals surface area (Å²) in [4.78, 5) is 11.3. The van der Waals surface area contributed by atoms with Crippen LogP contribution in [0.5, 0.6) is 0 Å². The van der Waals surface area contributed by atoms with Crippen molar-refractivity contribution < 1.29 is 14.6 Å². The van der Waals surface area contributed by atoms with Crippen molar-refractivity contribution in [3.8, 4) is 0 Å². The molecule has 0 aliphatic carbocycles. The van der Waals surface area contributed by atoms with Crippen LogP contribution in [0, 0.1) is 6.92 Å². The summed E-state index contributed by atoms with van der Waals surface area (Å²) in [5.41, 5.74) is 1.54. The molecular weight excluding hydrogens is 314 g/mol. The average molecular weight is 350 g/mol. The minimum absolute atomic E-state index is 0.113. The van der Waals surface area contributed by atoms with Crippen LogP contribution in [0.3, 0.4) is 0 Å². The van der Waals surface area contributed by atoms with Gasteiger partial charge in [0.2, 0.25) is 0 Å². The van der Waals surface area contributed by atoms with Gasteiger partial charge in [0.15, 0.2) is 0 Å². The fourth-order valence-electron chi connectivity index (χ4n) is 3.06. The van der Waals surface area contributed by atoms with Gasteiger partial charge in [0, 0.05) is 17.5 Å². The van der Waals surface area contributed by atoms with E-state index >= 15 is 0 Å². The van der Waals surface area contributed by atoms with E-state index in [1.165, 1.54) is 11.1 Å². The van der Waals surface area contributed by atoms with Gasteiger partial charge in [0.25, 0.3) is 0 Å². The Morgan fingerprint density at radius 2 is 1.80 bits per heavy atom. The van der Waals surface area contributed by atoms with E-state index in [9.17, 15) is 9.90 Å². The fourth-order valence-corrected chi connectivity index (χ4v) is 3.06. The van der Waals surface area contributed by atoms with Crippen molar-refractivity contribution in [1.29, 1.82) is 0 Å². The number of carbonyl (C=O) groups is 1. The lowest BCUT2D eigenvalue weighted by molar-refractivity contribution is -0.138. The van der Waals surface area contributed by atoms with Gasteiger partial charge >= 0.3 is 5.97 Å². The maximum Gasteiger partial charge on any atom is 0.303 e. The lowest BCUT2D eigenvalue weighted by atomic mass is 9.84. The predicted octanol–water partition coefficient (Wildman–Crippen LogP) is 4.34. The molecule has 0 heterocycles. The molecule has 0 saturated heterocycles. The number of hydrogen-bond donors (Lipinski definition) is 2. The monoisotopic (exact) mass is 349 g/mol. The Labute approximate surface area is 153 Å². The molecule has 0 spiro atoms. The zero-order chi connectivity index (χ0) is 19.3. The largest absolute Gasteiger partial charge is 0.481 e. The minimum Gasteiger partial charge on any atom is -0.481 e. The van der Waals surface area contributed by atoms with Crippen LogP contribution in [-0.4, -0.2) is 34.4 Å². The van der Waals surface area contributed by atoms with E-state index < -0.39 is 11.5 Å². The molecule has 4 nitrogen and oxygen atoms in total. The topological polar surface area (TPSA) is 58.6 Å². The van der Waals surface area contributed by atoms with Gasteiger partial charge in [-0.3, -0.25) is 4.79 Å². The first-order chi connectivity index (χ1) is 11.3. The molecular formula is C21H35NO3. The first-order valence-electron chi connectivity index (χ1n) is 9.01. The molecule has 0 bridgehead atoms. The maximum absolute atomic E-state index is 11.3. The van der Waals surface area contributed by atoms with Gasteiger partial charge in [-0.25, -0.2) is 0 Å². The number of benzene rings is 1. The van der Waals surface area contributed by atoms with Crippen molar-refractivity contribution >= 4 is 5.97 Å². The molecule has 1 rings (SSSR count). The molecule has 4 heteroatoms. The van der Waals surface area contributed by atoms with E-state index in [2.05, 4.69) is 51.2 Å². The molecule has 1 aromatic carbocycles. The third kappa shape index (κ3) is 9.03. The number of nitrogens with one attached hydrogen (secondary N) is 1. The van der Waals surface area contributed by atoms with Crippen molar-refractivity contribution in [3.63, 3.8) is 0 Å². The summed E-state index contributed by atoms with van der Waals surface area (Å²) in [6.45, 7) is 14.9. The normalized spacial score (nSPS) is 15.0. The molecule has 0 aromatic heterocycles. The van der Waals surface area contributed by atoms with E-state index in [1.54, 1.807) is 0 Å². The van der Waals surface area contributed by atoms with Crippen LogP contribution in [0.15, 0.2) is 24.3 Å². The van der Waals surface area contributed by atoms with E-state index in [4.69, 9.17) is 4.74 Å². The standard InChI is InChI=1S/C21H35NO3/c1-16-9-8-10-17(13-16)14-21(12-11-18(23)24,22-19(2,3)4)15-25-20(5,6)7/h8-10,13,22H,11-12,14-15H2,1-7H3,(H,23,24)/t21-/m1/s1. The fraction of sp³-hybridized carbons (Fsp3) is 0.667. The predicted molar refractivity (Wildman–Crippen MR) is 103 cm³/mol. The van der Waals surface area contributed by atoms with Crippen LogP contribution in [0.2, 0.25) is 0 Å². The lowest BCUT2D eigenvalue weighted by Crippen LogP contribution is -2.59. The summed E-state index contributed by atoms with van der Waals surface area (Å²) in [5.74, 6) is -0.778. The molecule has 0 fully saturated rings. The van der Waals surface area contributed by atoms with Gasteiger partial charge in [0.05, 0.1) is 12.2 Å². The van der Waals surface area contributed by atoms with E-state index in [-0.39, 0.29) is 17.6 Å². The van der Waals surface area contributed by atoms with Gasteiger partial charge in [-0.1, -0.05) is 29.8 Å². The second-order valence-electron chi connectivity index (χ2n) is 9.12. The van der Waals surface area contributed by atoms with Gasteiger partial charge in [-0.15, -0.1) is 0 Å². The molecule has 2 N–H and O–H groups in total. The molecule has 0 amide bonds. The number of rotatable bonds is 8. The van der Waals surface area contributed by atoms with Crippen molar-refractivity contribution in [3.05, 3.63) is 35.4 Å². The van der Waals surface area contributed by atoms with Crippen LogP contribution in [0.1, 0.15) is 65.5 Å². The van der Waals surface area contributed by atoms with Crippen molar-refractivity contribution in [2.24, 2.45) is 0 Å². The van der Waals surface area contributed by atoms with Gasteiger partial charge in [-0.2, -0.15) is 0 Å². The number of carboxylic acid groups (broad SMARTS) is 1. The minimum atomic E-state index is -0.778. The van der Waals surface area contributed by atoms with E-state index in [1.807, 2.05) is 26.8 Å². The number of aliphatic carboxylic acids is 1. The Kier molecular flexibility index (Phi) is 7.21. The lowest BCUT2D eigenvalue weighted by Gasteiger charge is -2.42. The highest BCUT2D eigenvalue weighted by Gasteiger charge is 2.36. The highest BCUT2D eigenvalue weighted by Crippen LogP contribution is 2.26. The molecule has 0 unspecified atom stereocenters. The third-order valence-electron chi connectivity index (χ3n) is 3.86. The average Bonchev–Trinajstić information content (AvgIpc) is 2.40. The Morgan fingerprint density at radius 1 is 1.16 bits per heavy atom. The van der Waals surface area contributed by atoms with Crippen LogP contribution >= 0.6 is 0 Å². The quantitative estimate of drug-likeness (QED) is 0.733. The van der Waals surface area contributed by atoms with Crippen LogP contribution in [-0.2, 0) is 16.0 Å². The molecule has 142 valence electrons. The molecule has 0 radical (unpaired) electrons. The summed E-state index contributed by atoms with van der Waals surface area (Å²) in [7, 11) is 0. The zero-order valence-electron chi connectivity index (χ0n) is 16.9. The Balaban J connectivity index is 3.17. The molecule has 0 aliphatic heterocycles. The molecule has 1 atom stereocenters. The van der Waals surface area contributed by atoms with Gasteiger partial charge < -0.3 is 15.2 Å². The SMILES string of the molecule is Cc1cccc(C[C@](CCC(=O)O)(COC(C)(C)C)NC(C)(C)C)c1. The Morgan fingerprint density at radius 3 is 2.28 bits per heavy atom. The molecule has 1 aromatic rings. The molecule has 0 saturated carbocycles. The van der Waals surface area contributed by atoms with Crippen molar-refractivity contribution in [1.82, 2.24) is 5.32 Å². The summed E-state index contributed by atoms with van der Waals surface area (Å²) in [6, 6.07) is 8.39. The maximum atomic E-state index is 11.3. The van der Waals surface area contributed by atoms with Crippen molar-refractivity contribution in [2.45, 2.75) is 84.4 Å². The van der Waals surface area contributed by atoms with Gasteiger partial charge in [-0.05, 0) is 66.9 Å². The Bertz CT molecular complexity index is 569. The number of carboxylic acids is 1. The highest BCUT2D eigenvalue weighted by atomic mass is 16.5. The number of aryl methyl sites for hydroxylation is 1. The smallest absolute Gasteiger partial charge is 0.303 e. The van der Waals surface area contributed by atoms with Crippen molar-refractivity contribution in [2.75, 3.05) is 6.61 Å². The first kappa shape index (κ1) is 21.7. The van der Waals surface area contributed by atoms with Crippen LogP contribution < -0.4 is 5.32 Å². The summed E-state index contributed by atoms with van der Waals surface area (Å²) >= 11 is 0. The Hall–Kier alpha value is -1.39. The zero-order valence-corrected chi connectivity index (χ0v) is 16.9. The van der Waals surface area contributed by atoms with E-state index in [0.717, 1.165) is 6.42 Å².